The molecule has 0 saturated carbocycles. The van der Waals surface area contributed by atoms with Crippen molar-refractivity contribution < 1.29 is 4.79 Å². The minimum Gasteiger partial charge on any atom is -0.327 e. The lowest BCUT2D eigenvalue weighted by molar-refractivity contribution is -0.105. The number of rotatable bonds is 2. The number of carbonyl (C=O) groups is 1. The Labute approximate surface area is 80.5 Å². The zero-order valence-electron chi connectivity index (χ0n) is 6.40. The molecular formula is C8H7Cl2NO. The molecule has 1 aromatic rings. The third-order valence-electron chi connectivity index (χ3n) is 1.49. The molecule has 0 atom stereocenters. The van der Waals surface area contributed by atoms with Crippen molar-refractivity contribution in [3.63, 3.8) is 0 Å². The fraction of sp³-hybridized carbons (Fsp3) is 0.125. The fourth-order valence-electron chi connectivity index (χ4n) is 0.821. The molecule has 0 aromatic heterocycles. The molecule has 12 heavy (non-hydrogen) atoms. The lowest BCUT2D eigenvalue weighted by Gasteiger charge is -2.05. The predicted octanol–water partition coefficient (Wildman–Crippen LogP) is 2.87. The SMILES string of the molecule is Cc1ccc(NC=O)c(Cl)c1Cl. The van der Waals surface area contributed by atoms with Gasteiger partial charge in [0.15, 0.2) is 0 Å². The maximum atomic E-state index is 10.1. The molecule has 0 aliphatic rings. The highest BCUT2D eigenvalue weighted by molar-refractivity contribution is 6.44. The molecule has 0 spiro atoms. The number of hydrogen-bond acceptors (Lipinski definition) is 1. The molecule has 0 fully saturated rings. The van der Waals surface area contributed by atoms with E-state index >= 15 is 0 Å². The molecule has 0 aliphatic heterocycles. The van der Waals surface area contributed by atoms with Crippen LogP contribution in [0.15, 0.2) is 12.1 Å². The van der Waals surface area contributed by atoms with Gasteiger partial charge in [-0.2, -0.15) is 0 Å². The third kappa shape index (κ3) is 1.71. The van der Waals surface area contributed by atoms with E-state index in [1.807, 2.05) is 6.92 Å². The van der Waals surface area contributed by atoms with E-state index in [9.17, 15) is 4.79 Å². The zero-order valence-corrected chi connectivity index (χ0v) is 7.91. The second-order valence-corrected chi connectivity index (χ2v) is 3.08. The molecule has 2 nitrogen and oxygen atoms in total. The Hall–Kier alpha value is -0.730. The molecule has 4 heteroatoms. The Morgan fingerprint density at radius 2 is 2.00 bits per heavy atom. The Kier molecular flexibility index (Phi) is 2.95. The van der Waals surface area contributed by atoms with E-state index in [1.165, 1.54) is 0 Å². The number of nitrogens with one attached hydrogen (secondary N) is 1. The first-order chi connectivity index (χ1) is 5.66. The van der Waals surface area contributed by atoms with Crippen molar-refractivity contribution in [3.05, 3.63) is 27.7 Å². The highest BCUT2D eigenvalue weighted by atomic mass is 35.5. The summed E-state index contributed by atoms with van der Waals surface area (Å²) in [6.07, 6.45) is 0.562. The molecule has 0 bridgehead atoms. The third-order valence-corrected chi connectivity index (χ3v) is 2.47. The number of aryl methyl sites for hydroxylation is 1. The first kappa shape index (κ1) is 9.36. The van der Waals surface area contributed by atoms with Crippen LogP contribution in [0.5, 0.6) is 0 Å². The van der Waals surface area contributed by atoms with Gasteiger partial charge in [-0.3, -0.25) is 4.79 Å². The van der Waals surface area contributed by atoms with Gasteiger partial charge in [0.05, 0.1) is 15.7 Å². The summed E-state index contributed by atoms with van der Waals surface area (Å²) in [5, 5.41) is 3.30. The number of halogens is 2. The summed E-state index contributed by atoms with van der Waals surface area (Å²) in [5.41, 5.74) is 1.42. The van der Waals surface area contributed by atoms with Gasteiger partial charge in [0.1, 0.15) is 0 Å². The van der Waals surface area contributed by atoms with Crippen LogP contribution < -0.4 is 5.32 Å². The van der Waals surface area contributed by atoms with Crippen LogP contribution in [0.4, 0.5) is 5.69 Å². The van der Waals surface area contributed by atoms with E-state index in [2.05, 4.69) is 5.32 Å². The summed E-state index contributed by atoms with van der Waals surface area (Å²) >= 11 is 11.7. The van der Waals surface area contributed by atoms with E-state index in [1.54, 1.807) is 12.1 Å². The minimum atomic E-state index is 0.378. The molecule has 0 aliphatic carbocycles. The maximum Gasteiger partial charge on any atom is 0.211 e. The van der Waals surface area contributed by atoms with Gasteiger partial charge >= 0.3 is 0 Å². The topological polar surface area (TPSA) is 29.1 Å². The maximum absolute atomic E-state index is 10.1. The average molecular weight is 204 g/mol. The van der Waals surface area contributed by atoms with Gasteiger partial charge in [-0.15, -0.1) is 0 Å². The standard InChI is InChI=1S/C8H7Cl2NO/c1-5-2-3-6(11-4-12)8(10)7(5)9/h2-4H,1H3,(H,11,12). The van der Waals surface area contributed by atoms with Crippen molar-refractivity contribution in [1.29, 1.82) is 0 Å². The van der Waals surface area contributed by atoms with Crippen molar-refractivity contribution in [2.45, 2.75) is 6.92 Å². The van der Waals surface area contributed by atoms with Crippen LogP contribution in [0.25, 0.3) is 0 Å². The molecule has 1 amide bonds. The van der Waals surface area contributed by atoms with Gasteiger partial charge < -0.3 is 5.32 Å². The molecule has 1 aromatic carbocycles. The normalized spacial score (nSPS) is 9.58. The molecule has 0 unspecified atom stereocenters. The van der Waals surface area contributed by atoms with E-state index in [4.69, 9.17) is 23.2 Å². The van der Waals surface area contributed by atoms with Gasteiger partial charge in [0.25, 0.3) is 0 Å². The summed E-state index contributed by atoms with van der Waals surface area (Å²) < 4.78 is 0. The van der Waals surface area contributed by atoms with Crippen molar-refractivity contribution in [1.82, 2.24) is 0 Å². The van der Waals surface area contributed by atoms with Gasteiger partial charge in [0, 0.05) is 0 Å². The van der Waals surface area contributed by atoms with Gasteiger partial charge in [0.2, 0.25) is 6.41 Å². The number of benzene rings is 1. The highest BCUT2D eigenvalue weighted by Gasteiger charge is 2.05. The van der Waals surface area contributed by atoms with Crippen LogP contribution in [0.1, 0.15) is 5.56 Å². The molecule has 64 valence electrons. The molecule has 0 saturated heterocycles. The van der Waals surface area contributed by atoms with Crippen molar-refractivity contribution in [2.75, 3.05) is 5.32 Å². The summed E-state index contributed by atoms with van der Waals surface area (Å²) in [6.45, 7) is 1.85. The molecular weight excluding hydrogens is 197 g/mol. The first-order valence-electron chi connectivity index (χ1n) is 3.31. The minimum absolute atomic E-state index is 0.378. The number of hydrogen-bond donors (Lipinski definition) is 1. The van der Waals surface area contributed by atoms with E-state index in [0.29, 0.717) is 22.1 Å². The summed E-state index contributed by atoms with van der Waals surface area (Å²) in [5.74, 6) is 0. The number of anilines is 1. The summed E-state index contributed by atoms with van der Waals surface area (Å²) in [6, 6.07) is 3.50. The zero-order chi connectivity index (χ0) is 9.14. The van der Waals surface area contributed by atoms with Crippen LogP contribution in [0.3, 0.4) is 0 Å². The van der Waals surface area contributed by atoms with Crippen molar-refractivity contribution >= 4 is 35.3 Å². The van der Waals surface area contributed by atoms with Crippen LogP contribution in [0.2, 0.25) is 10.0 Å². The summed E-state index contributed by atoms with van der Waals surface area (Å²) in [7, 11) is 0. The lowest BCUT2D eigenvalue weighted by atomic mass is 10.2. The second-order valence-electron chi connectivity index (χ2n) is 2.32. The number of amides is 1. The van der Waals surface area contributed by atoms with E-state index in [-0.39, 0.29) is 0 Å². The van der Waals surface area contributed by atoms with E-state index < -0.39 is 0 Å². The van der Waals surface area contributed by atoms with Crippen molar-refractivity contribution in [3.8, 4) is 0 Å². The molecule has 0 radical (unpaired) electrons. The van der Waals surface area contributed by atoms with Gasteiger partial charge in [-0.05, 0) is 18.6 Å². The Morgan fingerprint density at radius 1 is 1.33 bits per heavy atom. The highest BCUT2D eigenvalue weighted by Crippen LogP contribution is 2.32. The Bertz CT molecular complexity index is 312. The van der Waals surface area contributed by atoms with Crippen LogP contribution >= 0.6 is 23.2 Å². The molecule has 1 rings (SSSR count). The first-order valence-corrected chi connectivity index (χ1v) is 4.07. The quantitative estimate of drug-likeness (QED) is 0.737. The Morgan fingerprint density at radius 3 is 2.58 bits per heavy atom. The molecule has 1 N–H and O–H groups in total. The summed E-state index contributed by atoms with van der Waals surface area (Å²) in [4.78, 5) is 10.1. The monoisotopic (exact) mass is 203 g/mol. The smallest absolute Gasteiger partial charge is 0.211 e. The van der Waals surface area contributed by atoms with Crippen LogP contribution in [0, 0.1) is 6.92 Å². The fourth-order valence-corrected chi connectivity index (χ4v) is 1.25. The van der Waals surface area contributed by atoms with Crippen molar-refractivity contribution in [2.24, 2.45) is 0 Å². The van der Waals surface area contributed by atoms with Gasteiger partial charge in [-0.25, -0.2) is 0 Å². The van der Waals surface area contributed by atoms with Gasteiger partial charge in [-0.1, -0.05) is 29.3 Å². The average Bonchev–Trinajstić information content (AvgIpc) is 2.07. The molecule has 0 heterocycles. The van der Waals surface area contributed by atoms with E-state index in [0.717, 1.165) is 5.56 Å². The van der Waals surface area contributed by atoms with Crippen LogP contribution in [-0.4, -0.2) is 6.41 Å². The van der Waals surface area contributed by atoms with Crippen LogP contribution in [-0.2, 0) is 4.79 Å². The Balaban J connectivity index is 3.16. The predicted molar refractivity (Wildman–Crippen MR) is 50.9 cm³/mol. The lowest BCUT2D eigenvalue weighted by Crippen LogP contribution is -1.95. The number of carbonyl (C=O) groups excluding carboxylic acids is 1. The largest absolute Gasteiger partial charge is 0.327 e. The second kappa shape index (κ2) is 3.78.